The van der Waals surface area contributed by atoms with Gasteiger partial charge < -0.3 is 24.8 Å². The maximum atomic E-state index is 15.0. The first kappa shape index (κ1) is 30.4. The highest BCUT2D eigenvalue weighted by molar-refractivity contribution is 7.47. The number of benzene rings is 1. The standard InChI is InChI=1S/C16H18FN2O8P.C7H15NO/c1-16(17)13(21)11(26-14(16)19-8-7-12(20)18-15(19)22)9-25-28(23,24)27-10-5-3-2-4-6-10;1-5(2)9-7(4)6(3)8/h2-8,11,13-14,21H,9H2,1H3,(H,23,24)(H,18,20,22);5-6H,4,8H2,1-3H3/t11-,13-,14-,16-;6-/m10/s1. The number of aliphatic hydroxyl groups is 1. The monoisotopic (exact) mass is 545 g/mol. The molecule has 3 rings (SSSR count). The molecule has 6 atom stereocenters. The summed E-state index contributed by atoms with van der Waals surface area (Å²) in [6.45, 7) is 9.72. The van der Waals surface area contributed by atoms with Crippen LogP contribution in [0, 0.1) is 0 Å². The number of hydrogen-bond acceptors (Lipinski definition) is 9. The number of para-hydroxylation sites is 1. The van der Waals surface area contributed by atoms with Crippen molar-refractivity contribution >= 4 is 7.82 Å². The van der Waals surface area contributed by atoms with Gasteiger partial charge in [0.15, 0.2) is 11.9 Å². The van der Waals surface area contributed by atoms with E-state index in [-0.39, 0.29) is 17.9 Å². The first-order valence-corrected chi connectivity index (χ1v) is 12.8. The number of phosphoric ester groups is 1. The number of H-pyrrole nitrogens is 1. The Kier molecular flexibility index (Phi) is 10.4. The molecule has 5 N–H and O–H groups in total. The SMILES string of the molecule is C=C(OC(C)C)[C@H](C)N.C[C@@]1(F)[C@H](O)[C@@H](COP(=O)(O)Oc2ccccc2)O[C@H]1n1ccc(=O)[nH]c1=O. The summed E-state index contributed by atoms with van der Waals surface area (Å²) < 4.78 is 48.0. The average molecular weight is 546 g/mol. The van der Waals surface area contributed by atoms with E-state index < -0.39 is 49.8 Å². The zero-order chi connectivity index (χ0) is 28.0. The normalized spacial score (nSPS) is 25.5. The van der Waals surface area contributed by atoms with Crippen molar-refractivity contribution in [2.75, 3.05) is 6.61 Å². The van der Waals surface area contributed by atoms with Gasteiger partial charge in [0, 0.05) is 12.3 Å². The fraction of sp³-hybridized carbons (Fsp3) is 0.478. The molecule has 14 heteroatoms. The third-order valence-corrected chi connectivity index (χ3v) is 6.00. The molecule has 1 aromatic carbocycles. The minimum atomic E-state index is -4.57. The second-order valence-electron chi connectivity index (χ2n) is 8.73. The Hall–Kier alpha value is -2.80. The van der Waals surface area contributed by atoms with Crippen LogP contribution in [0.2, 0.25) is 0 Å². The summed E-state index contributed by atoms with van der Waals surface area (Å²) in [4.78, 5) is 34.8. The molecule has 0 amide bonds. The summed E-state index contributed by atoms with van der Waals surface area (Å²) in [5.41, 5.74) is 1.40. The summed E-state index contributed by atoms with van der Waals surface area (Å²) in [7, 11) is -4.57. The molecule has 37 heavy (non-hydrogen) atoms. The van der Waals surface area contributed by atoms with Gasteiger partial charge in [0.2, 0.25) is 0 Å². The molecule has 2 heterocycles. The zero-order valence-electron chi connectivity index (χ0n) is 20.9. The van der Waals surface area contributed by atoms with Crippen LogP contribution in [0.15, 0.2) is 64.5 Å². The van der Waals surface area contributed by atoms with E-state index >= 15 is 4.39 Å². The first-order chi connectivity index (χ1) is 17.1. The van der Waals surface area contributed by atoms with Crippen molar-refractivity contribution in [1.29, 1.82) is 0 Å². The fourth-order valence-corrected chi connectivity index (χ4v) is 3.96. The van der Waals surface area contributed by atoms with Crippen LogP contribution in [0.5, 0.6) is 5.75 Å². The number of halogens is 1. The molecule has 12 nitrogen and oxygen atoms in total. The molecule has 0 bridgehead atoms. The van der Waals surface area contributed by atoms with Gasteiger partial charge in [-0.3, -0.25) is 23.8 Å². The van der Waals surface area contributed by atoms with Crippen LogP contribution in [0.25, 0.3) is 0 Å². The first-order valence-electron chi connectivity index (χ1n) is 11.3. The lowest BCUT2D eigenvalue weighted by molar-refractivity contribution is -0.0603. The average Bonchev–Trinajstić information content (AvgIpc) is 3.01. The summed E-state index contributed by atoms with van der Waals surface area (Å²) in [5, 5.41) is 10.2. The van der Waals surface area contributed by atoms with Gasteiger partial charge in [0.05, 0.1) is 18.8 Å². The topological polar surface area (TPSA) is 175 Å². The van der Waals surface area contributed by atoms with E-state index in [1.807, 2.05) is 25.8 Å². The fourth-order valence-electron chi connectivity index (χ4n) is 3.18. The van der Waals surface area contributed by atoms with E-state index in [1.54, 1.807) is 18.2 Å². The Balaban J connectivity index is 0.000000458. The molecule has 0 saturated carbocycles. The van der Waals surface area contributed by atoms with Crippen LogP contribution in [0.1, 0.15) is 33.9 Å². The second kappa shape index (κ2) is 12.6. The van der Waals surface area contributed by atoms with Gasteiger partial charge >= 0.3 is 13.5 Å². The maximum absolute atomic E-state index is 15.0. The number of aromatic nitrogens is 2. The molecule has 1 aliphatic rings. The van der Waals surface area contributed by atoms with Gasteiger partial charge in [-0.15, -0.1) is 0 Å². The van der Waals surface area contributed by atoms with Gasteiger partial charge in [-0.2, -0.15) is 0 Å². The van der Waals surface area contributed by atoms with Crippen LogP contribution in [0.3, 0.4) is 0 Å². The quantitative estimate of drug-likeness (QED) is 0.269. The number of rotatable bonds is 9. The van der Waals surface area contributed by atoms with E-state index in [0.717, 1.165) is 23.8 Å². The Morgan fingerprint density at radius 3 is 2.43 bits per heavy atom. The van der Waals surface area contributed by atoms with Crippen molar-refractivity contribution in [1.82, 2.24) is 9.55 Å². The van der Waals surface area contributed by atoms with Crippen molar-refractivity contribution in [3.63, 3.8) is 0 Å². The van der Waals surface area contributed by atoms with E-state index in [2.05, 4.69) is 6.58 Å². The third kappa shape index (κ3) is 8.63. The lowest BCUT2D eigenvalue weighted by Crippen LogP contribution is -2.43. The lowest BCUT2D eigenvalue weighted by Gasteiger charge is -2.24. The molecule has 1 fully saturated rings. The highest BCUT2D eigenvalue weighted by Crippen LogP contribution is 2.46. The van der Waals surface area contributed by atoms with E-state index in [0.29, 0.717) is 5.76 Å². The number of phosphoric acid groups is 1. The van der Waals surface area contributed by atoms with Crippen molar-refractivity contribution in [2.24, 2.45) is 5.73 Å². The predicted molar refractivity (Wildman–Crippen MR) is 133 cm³/mol. The number of nitrogens with two attached hydrogens (primary N) is 1. The lowest BCUT2D eigenvalue weighted by atomic mass is 9.98. The third-order valence-electron chi connectivity index (χ3n) is 5.08. The predicted octanol–water partition coefficient (Wildman–Crippen LogP) is 1.99. The van der Waals surface area contributed by atoms with Gasteiger partial charge in [-0.05, 0) is 39.8 Å². The Bertz CT molecular complexity index is 1200. The van der Waals surface area contributed by atoms with Crippen molar-refractivity contribution in [3.8, 4) is 5.75 Å². The second-order valence-corrected chi connectivity index (χ2v) is 10.1. The van der Waals surface area contributed by atoms with Crippen molar-refractivity contribution < 1.29 is 37.5 Å². The number of alkyl halides is 1. The Labute approximate surface area is 213 Å². The van der Waals surface area contributed by atoms with Crippen molar-refractivity contribution in [2.45, 2.75) is 63.9 Å². The molecule has 1 aromatic heterocycles. The Morgan fingerprint density at radius 1 is 1.30 bits per heavy atom. The molecule has 0 spiro atoms. The van der Waals surface area contributed by atoms with Crippen LogP contribution in [0.4, 0.5) is 4.39 Å². The van der Waals surface area contributed by atoms with Crippen LogP contribution in [-0.2, 0) is 18.6 Å². The molecule has 206 valence electrons. The number of ether oxygens (including phenoxy) is 2. The molecular formula is C23H33FN3O9P. The van der Waals surface area contributed by atoms with E-state index in [9.17, 15) is 24.2 Å². The van der Waals surface area contributed by atoms with E-state index in [1.165, 1.54) is 12.1 Å². The summed E-state index contributed by atoms with van der Waals surface area (Å²) >= 11 is 0. The number of aliphatic hydroxyl groups excluding tert-OH is 1. The summed E-state index contributed by atoms with van der Waals surface area (Å²) in [6.07, 6.45) is -3.54. The number of hydrogen-bond donors (Lipinski definition) is 4. The minimum Gasteiger partial charge on any atom is -0.494 e. The molecule has 1 unspecified atom stereocenters. The molecule has 0 aliphatic carbocycles. The van der Waals surface area contributed by atoms with Crippen molar-refractivity contribution in [3.05, 3.63) is 75.8 Å². The molecule has 2 aromatic rings. The molecule has 0 radical (unpaired) electrons. The maximum Gasteiger partial charge on any atom is 0.527 e. The minimum absolute atomic E-state index is 0.0626. The summed E-state index contributed by atoms with van der Waals surface area (Å²) in [6, 6.07) is 8.65. The van der Waals surface area contributed by atoms with Gasteiger partial charge in [0.25, 0.3) is 5.56 Å². The van der Waals surface area contributed by atoms with Crippen LogP contribution < -0.4 is 21.5 Å². The molecular weight excluding hydrogens is 512 g/mol. The number of nitrogens with one attached hydrogen (secondary N) is 1. The van der Waals surface area contributed by atoms with Gasteiger partial charge in [0.1, 0.15) is 23.7 Å². The van der Waals surface area contributed by atoms with Gasteiger partial charge in [-0.25, -0.2) is 13.8 Å². The highest BCUT2D eigenvalue weighted by Gasteiger charge is 2.55. The van der Waals surface area contributed by atoms with Crippen LogP contribution in [-0.4, -0.2) is 56.2 Å². The number of nitrogens with zero attached hydrogens (tertiary/aromatic N) is 1. The summed E-state index contributed by atoms with van der Waals surface area (Å²) in [5.74, 6) is 0.735. The van der Waals surface area contributed by atoms with E-state index in [4.69, 9.17) is 24.3 Å². The van der Waals surface area contributed by atoms with Crippen LogP contribution >= 0.6 is 7.82 Å². The zero-order valence-corrected chi connectivity index (χ0v) is 21.8. The Morgan fingerprint density at radius 2 is 1.92 bits per heavy atom. The number of aromatic amines is 1. The largest absolute Gasteiger partial charge is 0.527 e. The highest BCUT2D eigenvalue weighted by atomic mass is 31.2. The smallest absolute Gasteiger partial charge is 0.494 e. The van der Waals surface area contributed by atoms with Gasteiger partial charge in [-0.1, -0.05) is 24.8 Å². The molecule has 1 saturated heterocycles. The molecule has 1 aliphatic heterocycles.